The third kappa shape index (κ3) is 3.18. The van der Waals surface area contributed by atoms with Crippen molar-refractivity contribution in [2.75, 3.05) is 18.0 Å². The van der Waals surface area contributed by atoms with Crippen LogP contribution in [0.1, 0.15) is 45.1 Å². The molecule has 0 aromatic heterocycles. The van der Waals surface area contributed by atoms with Crippen molar-refractivity contribution in [2.45, 2.75) is 46.1 Å². The van der Waals surface area contributed by atoms with Gasteiger partial charge in [-0.3, -0.25) is 10.1 Å². The summed E-state index contributed by atoms with van der Waals surface area (Å²) in [6, 6.07) is 4.78. The van der Waals surface area contributed by atoms with Crippen LogP contribution >= 0.6 is 0 Å². The maximum Gasteiger partial charge on any atom is 0.269 e. The standard InChI is InChI=1S/C16H24N2O3/c1-3-16(4-2)7-9-17(10-8-16)15-6-5-14(18(20)21)11-13(15)12-19/h5-6,11,19H,3-4,7-10,12H2,1-2H3. The third-order valence-corrected chi connectivity index (χ3v) is 5.11. The molecule has 1 N–H and O–H groups in total. The lowest BCUT2D eigenvalue weighted by Gasteiger charge is -2.42. The molecule has 116 valence electrons. The molecule has 1 aromatic carbocycles. The number of benzene rings is 1. The number of nitro benzene ring substituents is 1. The molecule has 0 unspecified atom stereocenters. The first-order chi connectivity index (χ1) is 10.0. The van der Waals surface area contributed by atoms with Gasteiger partial charge in [0.2, 0.25) is 0 Å². The molecule has 0 saturated carbocycles. The van der Waals surface area contributed by atoms with Crippen molar-refractivity contribution in [3.8, 4) is 0 Å². The van der Waals surface area contributed by atoms with Crippen molar-refractivity contribution in [3.05, 3.63) is 33.9 Å². The number of nitro groups is 1. The number of nitrogens with zero attached hydrogens (tertiary/aromatic N) is 2. The lowest BCUT2D eigenvalue weighted by molar-refractivity contribution is -0.384. The highest BCUT2D eigenvalue weighted by atomic mass is 16.6. The summed E-state index contributed by atoms with van der Waals surface area (Å²) in [5.74, 6) is 0. The normalized spacial score (nSPS) is 17.8. The molecule has 1 saturated heterocycles. The van der Waals surface area contributed by atoms with Gasteiger partial charge in [0.1, 0.15) is 0 Å². The van der Waals surface area contributed by atoms with E-state index in [4.69, 9.17) is 0 Å². The van der Waals surface area contributed by atoms with Crippen LogP contribution in [0.2, 0.25) is 0 Å². The van der Waals surface area contributed by atoms with Crippen LogP contribution in [-0.4, -0.2) is 23.1 Å². The van der Waals surface area contributed by atoms with Gasteiger partial charge in [0, 0.05) is 36.5 Å². The SMILES string of the molecule is CCC1(CC)CCN(c2ccc([N+](=O)[O-])cc2CO)CC1. The number of piperidine rings is 1. The number of aliphatic hydroxyl groups is 1. The fraction of sp³-hybridized carbons (Fsp3) is 0.625. The lowest BCUT2D eigenvalue weighted by atomic mass is 9.74. The minimum absolute atomic E-state index is 0.0382. The van der Waals surface area contributed by atoms with Crippen LogP contribution in [0.3, 0.4) is 0 Å². The summed E-state index contributed by atoms with van der Waals surface area (Å²) >= 11 is 0. The van der Waals surface area contributed by atoms with Crippen molar-refractivity contribution >= 4 is 11.4 Å². The average Bonchev–Trinajstić information content (AvgIpc) is 2.54. The second-order valence-electron chi connectivity index (χ2n) is 5.92. The van der Waals surface area contributed by atoms with E-state index < -0.39 is 4.92 Å². The zero-order valence-electron chi connectivity index (χ0n) is 12.8. The maximum atomic E-state index is 10.8. The number of anilines is 1. The van der Waals surface area contributed by atoms with Crippen LogP contribution in [-0.2, 0) is 6.61 Å². The first-order valence-corrected chi connectivity index (χ1v) is 7.68. The molecule has 1 fully saturated rings. The Kier molecular flexibility index (Phi) is 4.83. The molecule has 1 aliphatic heterocycles. The van der Waals surface area contributed by atoms with Crippen LogP contribution in [0.15, 0.2) is 18.2 Å². The second kappa shape index (κ2) is 6.43. The Balaban J connectivity index is 2.18. The zero-order chi connectivity index (χ0) is 15.5. The van der Waals surface area contributed by atoms with Gasteiger partial charge in [-0.1, -0.05) is 26.7 Å². The molecule has 2 rings (SSSR count). The average molecular weight is 292 g/mol. The van der Waals surface area contributed by atoms with E-state index in [1.165, 1.54) is 25.0 Å². The molecule has 1 heterocycles. The first kappa shape index (κ1) is 15.8. The molecule has 0 aliphatic carbocycles. The Morgan fingerprint density at radius 3 is 2.38 bits per heavy atom. The van der Waals surface area contributed by atoms with E-state index in [2.05, 4.69) is 18.7 Å². The largest absolute Gasteiger partial charge is 0.392 e. The maximum absolute atomic E-state index is 10.8. The zero-order valence-corrected chi connectivity index (χ0v) is 12.8. The highest BCUT2D eigenvalue weighted by molar-refractivity contribution is 5.58. The summed E-state index contributed by atoms with van der Waals surface area (Å²) in [6.07, 6.45) is 4.68. The summed E-state index contributed by atoms with van der Waals surface area (Å²) in [5.41, 5.74) is 2.06. The fourth-order valence-corrected chi connectivity index (χ4v) is 3.30. The Labute approximate surface area is 125 Å². The number of rotatable bonds is 5. The van der Waals surface area contributed by atoms with E-state index in [1.54, 1.807) is 6.07 Å². The van der Waals surface area contributed by atoms with Gasteiger partial charge >= 0.3 is 0 Å². The van der Waals surface area contributed by atoms with Crippen LogP contribution < -0.4 is 4.90 Å². The van der Waals surface area contributed by atoms with Crippen LogP contribution in [0.4, 0.5) is 11.4 Å². The highest BCUT2D eigenvalue weighted by Gasteiger charge is 2.31. The smallest absolute Gasteiger partial charge is 0.269 e. The van der Waals surface area contributed by atoms with Crippen molar-refractivity contribution in [2.24, 2.45) is 5.41 Å². The van der Waals surface area contributed by atoms with Crippen molar-refractivity contribution in [3.63, 3.8) is 0 Å². The fourth-order valence-electron chi connectivity index (χ4n) is 3.30. The Morgan fingerprint density at radius 2 is 1.90 bits per heavy atom. The Morgan fingerprint density at radius 1 is 1.29 bits per heavy atom. The summed E-state index contributed by atoms with van der Waals surface area (Å²) < 4.78 is 0. The molecule has 1 aromatic rings. The van der Waals surface area contributed by atoms with Gasteiger partial charge in [0.05, 0.1) is 11.5 Å². The molecule has 0 bridgehead atoms. The first-order valence-electron chi connectivity index (χ1n) is 7.68. The summed E-state index contributed by atoms with van der Waals surface area (Å²) in [7, 11) is 0. The van der Waals surface area contributed by atoms with Crippen molar-refractivity contribution < 1.29 is 10.0 Å². The van der Waals surface area contributed by atoms with Crippen molar-refractivity contribution in [1.82, 2.24) is 0 Å². The molecule has 0 radical (unpaired) electrons. The van der Waals surface area contributed by atoms with Crippen molar-refractivity contribution in [1.29, 1.82) is 0 Å². The molecule has 0 amide bonds. The van der Waals surface area contributed by atoms with Gasteiger partial charge in [0.25, 0.3) is 5.69 Å². The Bertz CT molecular complexity index is 502. The van der Waals surface area contributed by atoms with Crippen LogP contribution in [0.5, 0.6) is 0 Å². The number of hydrogen-bond donors (Lipinski definition) is 1. The van der Waals surface area contributed by atoms with Gasteiger partial charge < -0.3 is 10.0 Å². The quantitative estimate of drug-likeness (QED) is 0.666. The third-order valence-electron chi connectivity index (χ3n) is 5.11. The summed E-state index contributed by atoms with van der Waals surface area (Å²) in [4.78, 5) is 12.7. The monoisotopic (exact) mass is 292 g/mol. The van der Waals surface area contributed by atoms with Gasteiger partial charge in [0.15, 0.2) is 0 Å². The van der Waals surface area contributed by atoms with E-state index in [0.29, 0.717) is 11.0 Å². The van der Waals surface area contributed by atoms with E-state index in [9.17, 15) is 15.2 Å². The predicted octanol–water partition coefficient (Wildman–Crippen LogP) is 3.49. The predicted molar refractivity (Wildman–Crippen MR) is 83.5 cm³/mol. The second-order valence-corrected chi connectivity index (χ2v) is 5.92. The molecule has 21 heavy (non-hydrogen) atoms. The molecular formula is C16H24N2O3. The summed E-state index contributed by atoms with van der Waals surface area (Å²) in [6.45, 7) is 6.24. The van der Waals surface area contributed by atoms with Crippen LogP contribution in [0, 0.1) is 15.5 Å². The van der Waals surface area contributed by atoms with E-state index >= 15 is 0 Å². The van der Waals surface area contributed by atoms with Gasteiger partial charge in [-0.05, 0) is 24.3 Å². The van der Waals surface area contributed by atoms with Gasteiger partial charge in [-0.2, -0.15) is 0 Å². The molecule has 0 atom stereocenters. The highest BCUT2D eigenvalue weighted by Crippen LogP contribution is 2.40. The van der Waals surface area contributed by atoms with Crippen LogP contribution in [0.25, 0.3) is 0 Å². The molecule has 0 spiro atoms. The lowest BCUT2D eigenvalue weighted by Crippen LogP contribution is -2.40. The molecule has 1 aliphatic rings. The van der Waals surface area contributed by atoms with Gasteiger partial charge in [-0.25, -0.2) is 0 Å². The minimum atomic E-state index is -0.418. The van der Waals surface area contributed by atoms with E-state index in [-0.39, 0.29) is 12.3 Å². The van der Waals surface area contributed by atoms with E-state index in [0.717, 1.165) is 31.6 Å². The minimum Gasteiger partial charge on any atom is -0.392 e. The molecule has 5 nitrogen and oxygen atoms in total. The summed E-state index contributed by atoms with van der Waals surface area (Å²) in [5, 5.41) is 20.3. The van der Waals surface area contributed by atoms with Gasteiger partial charge in [-0.15, -0.1) is 0 Å². The number of hydrogen-bond acceptors (Lipinski definition) is 4. The molecular weight excluding hydrogens is 268 g/mol. The Hall–Kier alpha value is -1.62. The number of aliphatic hydroxyl groups excluding tert-OH is 1. The van der Waals surface area contributed by atoms with E-state index in [1.807, 2.05) is 0 Å². The topological polar surface area (TPSA) is 66.6 Å². The number of non-ortho nitro benzene ring substituents is 1. The molecule has 5 heteroatoms.